The maximum absolute atomic E-state index is 13.1. The maximum Gasteiger partial charge on any atom is 0.303 e. The molecule has 190 valence electrons. The SMILES string of the molecule is Cc1ccc(N(Cl)C(=O)CC(CCC(=O)O)c2onc(C3CC(CC(C)(C)C)C3)c2C2CC2)cc1. The summed E-state index contributed by atoms with van der Waals surface area (Å²) in [5.74, 6) is 0.664. The second kappa shape index (κ2) is 10.3. The van der Waals surface area contributed by atoms with Crippen LogP contribution in [0.5, 0.6) is 0 Å². The Kier molecular flexibility index (Phi) is 7.60. The first-order valence-electron chi connectivity index (χ1n) is 12.8. The molecule has 1 unspecified atom stereocenters. The number of hydrogen-bond donors (Lipinski definition) is 1. The lowest BCUT2D eigenvalue weighted by atomic mass is 9.66. The highest BCUT2D eigenvalue weighted by atomic mass is 35.5. The lowest BCUT2D eigenvalue weighted by Crippen LogP contribution is -2.27. The van der Waals surface area contributed by atoms with E-state index in [9.17, 15) is 14.7 Å². The van der Waals surface area contributed by atoms with Crippen molar-refractivity contribution in [2.75, 3.05) is 4.42 Å². The fourth-order valence-corrected chi connectivity index (χ4v) is 5.60. The maximum atomic E-state index is 13.1. The third-order valence-corrected chi connectivity index (χ3v) is 7.65. The average Bonchev–Trinajstić information content (AvgIpc) is 3.51. The fourth-order valence-electron chi connectivity index (χ4n) is 5.42. The number of anilines is 1. The van der Waals surface area contributed by atoms with Crippen LogP contribution in [0, 0.1) is 18.3 Å². The summed E-state index contributed by atoms with van der Waals surface area (Å²) in [5, 5.41) is 13.9. The molecule has 1 heterocycles. The molecule has 2 saturated carbocycles. The molecule has 1 amide bonds. The van der Waals surface area contributed by atoms with Crippen LogP contribution in [0.3, 0.4) is 0 Å². The summed E-state index contributed by atoms with van der Waals surface area (Å²) in [6.45, 7) is 8.82. The van der Waals surface area contributed by atoms with E-state index >= 15 is 0 Å². The number of rotatable bonds is 10. The molecule has 1 aromatic heterocycles. The molecule has 35 heavy (non-hydrogen) atoms. The summed E-state index contributed by atoms with van der Waals surface area (Å²) in [5.41, 5.74) is 4.18. The second-order valence-electron chi connectivity index (χ2n) is 11.8. The van der Waals surface area contributed by atoms with E-state index in [4.69, 9.17) is 16.3 Å². The first-order valence-corrected chi connectivity index (χ1v) is 13.1. The third kappa shape index (κ3) is 6.46. The van der Waals surface area contributed by atoms with Gasteiger partial charge in [0.2, 0.25) is 5.91 Å². The van der Waals surface area contributed by atoms with Crippen molar-refractivity contribution < 1.29 is 19.2 Å². The fraction of sp³-hybridized carbons (Fsp3) is 0.607. The number of carboxylic acid groups (broad SMARTS) is 1. The van der Waals surface area contributed by atoms with E-state index in [-0.39, 0.29) is 24.7 Å². The van der Waals surface area contributed by atoms with Crippen molar-refractivity contribution >= 4 is 29.3 Å². The monoisotopic (exact) mass is 500 g/mol. The van der Waals surface area contributed by atoms with Gasteiger partial charge in [-0.05, 0) is 74.8 Å². The number of amides is 1. The van der Waals surface area contributed by atoms with Crippen LogP contribution in [-0.2, 0) is 9.59 Å². The number of benzene rings is 1. The van der Waals surface area contributed by atoms with E-state index in [0.29, 0.717) is 41.0 Å². The number of carbonyl (C=O) groups excluding carboxylic acids is 1. The molecule has 2 aromatic rings. The van der Waals surface area contributed by atoms with Gasteiger partial charge < -0.3 is 9.63 Å². The highest BCUT2D eigenvalue weighted by Gasteiger charge is 2.42. The summed E-state index contributed by atoms with van der Waals surface area (Å²) in [7, 11) is 0. The van der Waals surface area contributed by atoms with Gasteiger partial charge in [0, 0.05) is 42.0 Å². The number of hydrogen-bond acceptors (Lipinski definition) is 4. The van der Waals surface area contributed by atoms with Crippen LogP contribution in [0.15, 0.2) is 28.8 Å². The summed E-state index contributed by atoms with van der Waals surface area (Å²) in [6, 6.07) is 7.41. The number of aryl methyl sites for hydroxylation is 1. The van der Waals surface area contributed by atoms with Gasteiger partial charge in [-0.1, -0.05) is 43.6 Å². The van der Waals surface area contributed by atoms with Gasteiger partial charge in [-0.25, -0.2) is 4.42 Å². The number of halogens is 1. The van der Waals surface area contributed by atoms with Crippen LogP contribution in [0.4, 0.5) is 5.69 Å². The van der Waals surface area contributed by atoms with Crippen molar-refractivity contribution in [2.45, 2.75) is 96.8 Å². The lowest BCUT2D eigenvalue weighted by molar-refractivity contribution is -0.137. The standard InChI is InChI=1S/C28H37ClN2O4/c1-17-5-10-22(11-6-17)31(29)23(32)15-20(9-12-24(33)34)27-25(19-7-8-19)26(30-35-27)21-13-18(14-21)16-28(2,3)4/h5-6,10-11,18-21H,7-9,12-16H2,1-4H3,(H,33,34). The molecule has 6 nitrogen and oxygen atoms in total. The molecule has 2 aliphatic rings. The largest absolute Gasteiger partial charge is 0.481 e. The van der Waals surface area contributed by atoms with Crippen LogP contribution in [0.25, 0.3) is 0 Å². The Labute approximate surface area is 213 Å². The minimum Gasteiger partial charge on any atom is -0.481 e. The first kappa shape index (κ1) is 25.7. The predicted octanol–water partition coefficient (Wildman–Crippen LogP) is 7.32. The van der Waals surface area contributed by atoms with Crippen LogP contribution < -0.4 is 4.42 Å². The Morgan fingerprint density at radius 1 is 1.17 bits per heavy atom. The lowest BCUT2D eigenvalue weighted by Gasteiger charge is -2.38. The normalized spacial score (nSPS) is 20.8. The highest BCUT2D eigenvalue weighted by molar-refractivity contribution is 6.36. The minimum atomic E-state index is -0.888. The van der Waals surface area contributed by atoms with Crippen molar-refractivity contribution in [3.8, 4) is 0 Å². The molecular weight excluding hydrogens is 464 g/mol. The molecule has 1 N–H and O–H groups in total. The van der Waals surface area contributed by atoms with Gasteiger partial charge in [-0.3, -0.25) is 9.59 Å². The number of aromatic nitrogens is 1. The van der Waals surface area contributed by atoms with Crippen LogP contribution in [0.2, 0.25) is 0 Å². The molecule has 7 heteroatoms. The van der Waals surface area contributed by atoms with Gasteiger partial charge in [0.05, 0.1) is 11.4 Å². The van der Waals surface area contributed by atoms with E-state index in [1.807, 2.05) is 19.1 Å². The number of carbonyl (C=O) groups is 2. The van der Waals surface area contributed by atoms with Crippen molar-refractivity contribution in [2.24, 2.45) is 11.3 Å². The van der Waals surface area contributed by atoms with Gasteiger partial charge in [-0.2, -0.15) is 0 Å². The minimum absolute atomic E-state index is 0.0397. The molecular formula is C28H37ClN2O4. The molecule has 0 bridgehead atoms. The molecule has 1 aromatic carbocycles. The average molecular weight is 501 g/mol. The smallest absolute Gasteiger partial charge is 0.303 e. The van der Waals surface area contributed by atoms with Gasteiger partial charge in [0.1, 0.15) is 5.76 Å². The molecule has 1 atom stereocenters. The summed E-state index contributed by atoms with van der Waals surface area (Å²) in [4.78, 5) is 24.5. The topological polar surface area (TPSA) is 83.6 Å². The van der Waals surface area contributed by atoms with Crippen molar-refractivity contribution in [1.29, 1.82) is 0 Å². The zero-order chi connectivity index (χ0) is 25.3. The quantitative estimate of drug-likeness (QED) is 0.345. The van der Waals surface area contributed by atoms with Gasteiger partial charge >= 0.3 is 5.97 Å². The van der Waals surface area contributed by atoms with E-state index in [2.05, 4.69) is 25.9 Å². The third-order valence-electron chi connectivity index (χ3n) is 7.27. The van der Waals surface area contributed by atoms with Gasteiger partial charge in [-0.15, -0.1) is 0 Å². The van der Waals surface area contributed by atoms with Crippen LogP contribution in [-0.4, -0.2) is 22.1 Å². The molecule has 0 spiro atoms. The molecule has 4 rings (SSSR count). The Morgan fingerprint density at radius 3 is 2.40 bits per heavy atom. The molecule has 2 fully saturated rings. The number of nitrogens with zero attached hydrogens (tertiary/aromatic N) is 2. The number of carboxylic acids is 1. The van der Waals surface area contributed by atoms with Gasteiger partial charge in [0.15, 0.2) is 0 Å². The van der Waals surface area contributed by atoms with E-state index < -0.39 is 5.97 Å². The Balaban J connectivity index is 1.53. The Hall–Kier alpha value is -2.34. The molecule has 0 aliphatic heterocycles. The van der Waals surface area contributed by atoms with Crippen molar-refractivity contribution in [1.82, 2.24) is 5.16 Å². The number of aliphatic carboxylic acids is 1. The zero-order valence-electron chi connectivity index (χ0n) is 21.2. The van der Waals surface area contributed by atoms with Crippen LogP contribution >= 0.6 is 11.8 Å². The second-order valence-corrected chi connectivity index (χ2v) is 12.1. The Morgan fingerprint density at radius 2 is 1.83 bits per heavy atom. The van der Waals surface area contributed by atoms with Crippen molar-refractivity contribution in [3.63, 3.8) is 0 Å². The van der Waals surface area contributed by atoms with Gasteiger partial charge in [0.25, 0.3) is 0 Å². The van der Waals surface area contributed by atoms with Crippen LogP contribution in [0.1, 0.15) is 112 Å². The van der Waals surface area contributed by atoms with E-state index in [0.717, 1.165) is 46.9 Å². The first-order chi connectivity index (χ1) is 16.5. The molecule has 0 saturated heterocycles. The molecule has 2 aliphatic carbocycles. The summed E-state index contributed by atoms with van der Waals surface area (Å²) in [6.07, 6.45) is 5.96. The van der Waals surface area contributed by atoms with E-state index in [1.54, 1.807) is 12.1 Å². The summed E-state index contributed by atoms with van der Waals surface area (Å²) >= 11 is 6.40. The Bertz CT molecular complexity index is 1050. The highest BCUT2D eigenvalue weighted by Crippen LogP contribution is 2.53. The summed E-state index contributed by atoms with van der Waals surface area (Å²) < 4.78 is 7.06. The van der Waals surface area contributed by atoms with E-state index in [1.165, 1.54) is 6.42 Å². The zero-order valence-corrected chi connectivity index (χ0v) is 22.0. The molecule has 0 radical (unpaired) electrons. The predicted molar refractivity (Wildman–Crippen MR) is 137 cm³/mol. The van der Waals surface area contributed by atoms with Crippen molar-refractivity contribution in [3.05, 3.63) is 46.8 Å².